The van der Waals surface area contributed by atoms with Gasteiger partial charge in [0.25, 0.3) is 5.91 Å². The molecule has 0 saturated carbocycles. The standard InChI is InChI=1S/C22H18F3N3O2S/c1-3-12-31-19-11-7-5-9-16(19)26-21(30)20-18(29)13-14(2)28(27-20)17-10-6-4-8-15(17)22(23,24)25/h3-11,13H,1,12H2,2H3,(H,26,30). The summed E-state index contributed by atoms with van der Waals surface area (Å²) in [4.78, 5) is 26.0. The van der Waals surface area contributed by atoms with Crippen LogP contribution in [0.5, 0.6) is 0 Å². The molecule has 3 rings (SSSR count). The van der Waals surface area contributed by atoms with Crippen molar-refractivity contribution in [3.8, 4) is 5.69 Å². The third-order valence-corrected chi connectivity index (χ3v) is 5.32. The second-order valence-electron chi connectivity index (χ2n) is 6.48. The lowest BCUT2D eigenvalue weighted by Crippen LogP contribution is -2.27. The first-order valence-corrected chi connectivity index (χ1v) is 10.1. The van der Waals surface area contributed by atoms with Crippen molar-refractivity contribution in [3.63, 3.8) is 0 Å². The molecule has 160 valence electrons. The van der Waals surface area contributed by atoms with Crippen LogP contribution in [0.3, 0.4) is 0 Å². The summed E-state index contributed by atoms with van der Waals surface area (Å²) in [7, 11) is 0. The average molecular weight is 445 g/mol. The number of anilines is 1. The van der Waals surface area contributed by atoms with Crippen LogP contribution in [0.25, 0.3) is 5.69 Å². The number of rotatable bonds is 6. The number of carbonyl (C=O) groups is 1. The molecule has 0 aliphatic heterocycles. The summed E-state index contributed by atoms with van der Waals surface area (Å²) < 4.78 is 41.3. The van der Waals surface area contributed by atoms with Crippen LogP contribution in [0.15, 0.2) is 76.9 Å². The summed E-state index contributed by atoms with van der Waals surface area (Å²) in [5.41, 5.74) is -1.77. The quantitative estimate of drug-likeness (QED) is 0.424. The molecule has 5 nitrogen and oxygen atoms in total. The molecule has 31 heavy (non-hydrogen) atoms. The molecular weight excluding hydrogens is 427 g/mol. The maximum atomic E-state index is 13.4. The van der Waals surface area contributed by atoms with Crippen molar-refractivity contribution < 1.29 is 18.0 Å². The van der Waals surface area contributed by atoms with Crippen molar-refractivity contribution in [3.05, 3.63) is 94.4 Å². The van der Waals surface area contributed by atoms with Gasteiger partial charge < -0.3 is 5.32 Å². The number of alkyl halides is 3. The SMILES string of the molecule is C=CCSc1ccccc1NC(=O)c1nn(-c2ccccc2C(F)(F)F)c(C)cc1=O. The Hall–Kier alpha value is -3.33. The predicted molar refractivity (Wildman–Crippen MR) is 115 cm³/mol. The lowest BCUT2D eigenvalue weighted by atomic mass is 10.1. The molecule has 9 heteroatoms. The molecule has 1 N–H and O–H groups in total. The minimum absolute atomic E-state index is 0.167. The first-order valence-electron chi connectivity index (χ1n) is 9.14. The Kier molecular flexibility index (Phi) is 6.65. The van der Waals surface area contributed by atoms with E-state index in [9.17, 15) is 22.8 Å². The Bertz CT molecular complexity index is 1190. The number of nitrogens with zero attached hydrogens (tertiary/aromatic N) is 2. The number of thioether (sulfide) groups is 1. The number of benzene rings is 2. The molecule has 0 radical (unpaired) electrons. The van der Waals surface area contributed by atoms with Crippen LogP contribution in [-0.4, -0.2) is 21.4 Å². The molecule has 1 amide bonds. The van der Waals surface area contributed by atoms with E-state index in [0.717, 1.165) is 21.7 Å². The van der Waals surface area contributed by atoms with Crippen LogP contribution < -0.4 is 10.7 Å². The zero-order valence-electron chi connectivity index (χ0n) is 16.4. The third-order valence-electron chi connectivity index (χ3n) is 4.25. The third kappa shape index (κ3) is 5.05. The van der Waals surface area contributed by atoms with Gasteiger partial charge in [-0.15, -0.1) is 18.3 Å². The number of nitrogens with one attached hydrogen (secondary N) is 1. The summed E-state index contributed by atoms with van der Waals surface area (Å²) in [5, 5.41) is 6.60. The summed E-state index contributed by atoms with van der Waals surface area (Å²) in [6, 6.07) is 12.9. The van der Waals surface area contributed by atoms with Gasteiger partial charge in [-0.3, -0.25) is 9.59 Å². The maximum Gasteiger partial charge on any atom is 0.418 e. The van der Waals surface area contributed by atoms with Crippen LogP contribution in [0.2, 0.25) is 0 Å². The molecule has 0 atom stereocenters. The van der Waals surface area contributed by atoms with Gasteiger partial charge in [0.1, 0.15) is 0 Å². The van der Waals surface area contributed by atoms with Crippen LogP contribution in [-0.2, 0) is 6.18 Å². The lowest BCUT2D eigenvalue weighted by molar-refractivity contribution is -0.137. The largest absolute Gasteiger partial charge is 0.418 e. The number of carbonyl (C=O) groups excluding carboxylic acids is 1. The normalized spacial score (nSPS) is 11.2. The van der Waals surface area contributed by atoms with Crippen molar-refractivity contribution in [1.29, 1.82) is 0 Å². The van der Waals surface area contributed by atoms with E-state index in [1.807, 2.05) is 0 Å². The number of aromatic nitrogens is 2. The number of hydrogen-bond acceptors (Lipinski definition) is 4. The van der Waals surface area contributed by atoms with E-state index in [4.69, 9.17) is 0 Å². The zero-order chi connectivity index (χ0) is 22.6. The number of para-hydroxylation sites is 2. The Morgan fingerprint density at radius 3 is 2.58 bits per heavy atom. The minimum atomic E-state index is -4.63. The molecule has 0 aliphatic rings. The van der Waals surface area contributed by atoms with Crippen LogP contribution in [0, 0.1) is 6.92 Å². The molecule has 1 heterocycles. The monoisotopic (exact) mass is 445 g/mol. The molecule has 0 unspecified atom stereocenters. The van der Waals surface area contributed by atoms with Crippen molar-refractivity contribution in [2.45, 2.75) is 18.0 Å². The fraction of sp³-hybridized carbons (Fsp3) is 0.136. The summed E-state index contributed by atoms with van der Waals surface area (Å²) in [6.07, 6.45) is -2.92. The molecule has 0 saturated heterocycles. The fourth-order valence-corrected chi connectivity index (χ4v) is 3.62. The molecule has 1 aromatic heterocycles. The average Bonchev–Trinajstić information content (AvgIpc) is 2.72. The van der Waals surface area contributed by atoms with E-state index in [2.05, 4.69) is 17.0 Å². The van der Waals surface area contributed by atoms with Crippen LogP contribution in [0.1, 0.15) is 21.7 Å². The highest BCUT2D eigenvalue weighted by atomic mass is 32.2. The molecular formula is C22H18F3N3O2S. The van der Waals surface area contributed by atoms with Crippen molar-refractivity contribution in [1.82, 2.24) is 9.78 Å². The number of amides is 1. The predicted octanol–water partition coefficient (Wildman–Crippen LogP) is 5.09. The topological polar surface area (TPSA) is 64.0 Å². The van der Waals surface area contributed by atoms with Gasteiger partial charge in [0.15, 0.2) is 5.69 Å². The lowest BCUT2D eigenvalue weighted by Gasteiger charge is -2.17. The van der Waals surface area contributed by atoms with Gasteiger partial charge >= 0.3 is 6.18 Å². The number of halogens is 3. The van der Waals surface area contributed by atoms with E-state index in [1.54, 1.807) is 30.3 Å². The zero-order valence-corrected chi connectivity index (χ0v) is 17.3. The molecule has 2 aromatic carbocycles. The summed E-state index contributed by atoms with van der Waals surface area (Å²) >= 11 is 1.43. The van der Waals surface area contributed by atoms with E-state index in [0.29, 0.717) is 11.4 Å². The Morgan fingerprint density at radius 2 is 1.87 bits per heavy atom. The second kappa shape index (κ2) is 9.22. The molecule has 0 bridgehead atoms. The van der Waals surface area contributed by atoms with Gasteiger partial charge in [0.05, 0.1) is 16.9 Å². The molecule has 3 aromatic rings. The van der Waals surface area contributed by atoms with Gasteiger partial charge in [0, 0.05) is 22.4 Å². The Labute approximate surface area is 180 Å². The van der Waals surface area contributed by atoms with Crippen molar-refractivity contribution in [2.24, 2.45) is 0 Å². The van der Waals surface area contributed by atoms with Crippen molar-refractivity contribution in [2.75, 3.05) is 11.1 Å². The van der Waals surface area contributed by atoms with Crippen LogP contribution in [0.4, 0.5) is 18.9 Å². The highest BCUT2D eigenvalue weighted by Crippen LogP contribution is 2.33. The summed E-state index contributed by atoms with van der Waals surface area (Å²) in [5.74, 6) is -0.202. The maximum absolute atomic E-state index is 13.4. The Balaban J connectivity index is 2.03. The number of aryl methyl sites for hydroxylation is 1. The minimum Gasteiger partial charge on any atom is -0.319 e. The van der Waals surface area contributed by atoms with Gasteiger partial charge in [-0.1, -0.05) is 30.3 Å². The summed E-state index contributed by atoms with van der Waals surface area (Å²) in [6.45, 7) is 5.10. The van der Waals surface area contributed by atoms with E-state index < -0.39 is 28.8 Å². The van der Waals surface area contributed by atoms with Gasteiger partial charge in [-0.2, -0.15) is 18.3 Å². The highest BCUT2D eigenvalue weighted by molar-refractivity contribution is 7.99. The fourth-order valence-electron chi connectivity index (χ4n) is 2.87. The molecule has 0 fully saturated rings. The van der Waals surface area contributed by atoms with Gasteiger partial charge in [-0.05, 0) is 31.2 Å². The van der Waals surface area contributed by atoms with Crippen molar-refractivity contribution >= 4 is 23.4 Å². The number of hydrogen-bond donors (Lipinski definition) is 1. The molecule has 0 aliphatic carbocycles. The smallest absolute Gasteiger partial charge is 0.319 e. The van der Waals surface area contributed by atoms with E-state index in [1.165, 1.54) is 36.9 Å². The first kappa shape index (κ1) is 22.4. The van der Waals surface area contributed by atoms with E-state index >= 15 is 0 Å². The molecule has 0 spiro atoms. The highest BCUT2D eigenvalue weighted by Gasteiger charge is 2.34. The van der Waals surface area contributed by atoms with E-state index in [-0.39, 0.29) is 11.4 Å². The van der Waals surface area contributed by atoms with Crippen LogP contribution >= 0.6 is 11.8 Å². The first-order chi connectivity index (χ1) is 14.7. The Morgan fingerprint density at radius 1 is 1.19 bits per heavy atom. The van der Waals surface area contributed by atoms with Gasteiger partial charge in [-0.25, -0.2) is 4.68 Å². The second-order valence-corrected chi connectivity index (χ2v) is 7.54. The van der Waals surface area contributed by atoms with Gasteiger partial charge in [0.2, 0.25) is 5.43 Å².